The van der Waals surface area contributed by atoms with E-state index in [0.717, 1.165) is 49.9 Å². The van der Waals surface area contributed by atoms with Gasteiger partial charge in [-0.25, -0.2) is 8.78 Å². The number of thiophene rings is 1. The fraction of sp³-hybridized carbons (Fsp3) is 0.471. The zero-order chi connectivity index (χ0) is 32.6. The number of aromatic nitrogens is 2. The van der Waals surface area contributed by atoms with Crippen LogP contribution < -0.4 is 20.7 Å². The van der Waals surface area contributed by atoms with E-state index in [1.807, 2.05) is 6.92 Å². The predicted octanol–water partition coefficient (Wildman–Crippen LogP) is 6.37. The largest absolute Gasteiger partial charge is 0.459 e. The Morgan fingerprint density at radius 1 is 1.13 bits per heavy atom. The van der Waals surface area contributed by atoms with Crippen LogP contribution in [0.2, 0.25) is 5.02 Å². The van der Waals surface area contributed by atoms with E-state index < -0.39 is 11.6 Å². The van der Waals surface area contributed by atoms with Crippen molar-refractivity contribution in [2.45, 2.75) is 75.7 Å². The van der Waals surface area contributed by atoms with Gasteiger partial charge < -0.3 is 20.7 Å². The molecule has 4 aliphatic rings. The summed E-state index contributed by atoms with van der Waals surface area (Å²) in [6.45, 7) is 4.03. The molecule has 4 aromatic rings. The van der Waals surface area contributed by atoms with E-state index in [9.17, 15) is 14.9 Å². The first-order chi connectivity index (χ1) is 22.7. The Balaban J connectivity index is 1.22. The van der Waals surface area contributed by atoms with E-state index in [4.69, 9.17) is 27.1 Å². The Morgan fingerprint density at radius 3 is 2.53 bits per heavy atom. The highest BCUT2D eigenvalue weighted by atomic mass is 35.5. The number of benzene rings is 2. The number of fused-ring (bicyclic) bond motifs is 6. The number of anilines is 2. The molecule has 5 unspecified atom stereocenters. The van der Waals surface area contributed by atoms with Gasteiger partial charge in [0.1, 0.15) is 34.3 Å². The molecule has 0 radical (unpaired) electrons. The van der Waals surface area contributed by atoms with Crippen LogP contribution in [0, 0.1) is 40.2 Å². The maximum Gasteiger partial charge on any atom is 0.319 e. The van der Waals surface area contributed by atoms with Crippen LogP contribution in [0.1, 0.15) is 51.0 Å². The number of hydrogen-bond acceptors (Lipinski definition) is 10. The standard InChI is InChI=1S/C34H33ClF2N8OS/c1-16(13-45-20-4-5-21(45)9-17(8-20)11-38)46-34-42-30-23(33(43-34)44-14-18-2-3-19(15-44)41-18)10-25(35)28(29(30)37)22-6-7-26(36)31-27(22)24(12-39)32(40)47-31/h6-7,10,16-21,41H,2-5,8-9,13-15,40H2,1H3. The third kappa shape index (κ3) is 5.14. The van der Waals surface area contributed by atoms with Crippen LogP contribution in [0.25, 0.3) is 32.1 Å². The monoisotopic (exact) mass is 674 g/mol. The van der Waals surface area contributed by atoms with Crippen LogP contribution in [0.4, 0.5) is 19.6 Å². The number of piperidine rings is 1. The van der Waals surface area contributed by atoms with E-state index >= 15 is 4.39 Å². The average Bonchev–Trinajstić information content (AvgIpc) is 3.65. The zero-order valence-electron chi connectivity index (χ0n) is 25.8. The number of nitrogens with zero attached hydrogens (tertiary/aromatic N) is 6. The molecule has 242 valence electrons. The first-order valence-corrected chi connectivity index (χ1v) is 17.4. The van der Waals surface area contributed by atoms with Gasteiger partial charge in [0.2, 0.25) is 0 Å². The summed E-state index contributed by atoms with van der Waals surface area (Å²) < 4.78 is 38.4. The molecule has 0 aliphatic carbocycles. The third-order valence-corrected chi connectivity index (χ3v) is 11.7. The average molecular weight is 675 g/mol. The van der Waals surface area contributed by atoms with Crippen molar-refractivity contribution in [3.63, 3.8) is 0 Å². The zero-order valence-corrected chi connectivity index (χ0v) is 27.3. The molecule has 13 heteroatoms. The Labute approximate surface area is 279 Å². The highest BCUT2D eigenvalue weighted by Crippen LogP contribution is 2.46. The molecule has 0 spiro atoms. The van der Waals surface area contributed by atoms with Gasteiger partial charge in [-0.3, -0.25) is 4.90 Å². The minimum atomic E-state index is -0.704. The minimum Gasteiger partial charge on any atom is -0.459 e. The molecule has 3 N–H and O–H groups in total. The fourth-order valence-electron chi connectivity index (χ4n) is 8.37. The molecule has 0 amide bonds. The topological polar surface area (TPSA) is 127 Å². The summed E-state index contributed by atoms with van der Waals surface area (Å²) in [6, 6.07) is 10.2. The SMILES string of the molecule is CC(CN1C2CCC1CC(C#N)C2)Oc1nc(N2CC3CCC(C2)N3)c2cc(Cl)c(-c3ccc(F)c4sc(N)c(C#N)c34)c(F)c2n1. The Bertz CT molecular complexity index is 1980. The molecular weight excluding hydrogens is 642 g/mol. The third-order valence-electron chi connectivity index (χ3n) is 10.4. The molecule has 4 aliphatic heterocycles. The number of nitrogens with two attached hydrogens (primary N) is 1. The van der Waals surface area contributed by atoms with Crippen molar-refractivity contribution in [2.75, 3.05) is 30.3 Å². The van der Waals surface area contributed by atoms with Gasteiger partial charge in [0.05, 0.1) is 21.4 Å². The first kappa shape index (κ1) is 30.5. The van der Waals surface area contributed by atoms with Crippen molar-refractivity contribution < 1.29 is 13.5 Å². The Kier molecular flexibility index (Phi) is 7.60. The summed E-state index contributed by atoms with van der Waals surface area (Å²) in [5, 5.41) is 23.9. The number of nitriles is 2. The van der Waals surface area contributed by atoms with Crippen LogP contribution in [-0.4, -0.2) is 64.8 Å². The van der Waals surface area contributed by atoms with Crippen LogP contribution in [0.3, 0.4) is 0 Å². The molecule has 4 saturated heterocycles. The second-order valence-electron chi connectivity index (χ2n) is 13.4. The number of rotatable bonds is 6. The van der Waals surface area contributed by atoms with E-state index in [1.54, 1.807) is 6.07 Å². The van der Waals surface area contributed by atoms with Crippen LogP contribution in [-0.2, 0) is 0 Å². The number of nitrogens with one attached hydrogen (secondary N) is 1. The highest BCUT2D eigenvalue weighted by Gasteiger charge is 2.41. The molecular formula is C34H33ClF2N8OS. The van der Waals surface area contributed by atoms with E-state index in [2.05, 4.69) is 32.2 Å². The van der Waals surface area contributed by atoms with Crippen molar-refractivity contribution in [1.82, 2.24) is 20.2 Å². The molecule has 47 heavy (non-hydrogen) atoms. The first-order valence-electron chi connectivity index (χ1n) is 16.2. The van der Waals surface area contributed by atoms with Gasteiger partial charge in [-0.1, -0.05) is 17.7 Å². The summed E-state index contributed by atoms with van der Waals surface area (Å²) in [5.74, 6) is -0.599. The lowest BCUT2D eigenvalue weighted by atomic mass is 9.92. The van der Waals surface area contributed by atoms with E-state index in [-0.39, 0.29) is 60.3 Å². The molecule has 5 atom stereocenters. The lowest BCUT2D eigenvalue weighted by molar-refractivity contribution is 0.0674. The van der Waals surface area contributed by atoms with Gasteiger partial charge in [-0.05, 0) is 63.1 Å². The van der Waals surface area contributed by atoms with Gasteiger partial charge in [0.25, 0.3) is 0 Å². The van der Waals surface area contributed by atoms with E-state index in [0.29, 0.717) is 55.0 Å². The van der Waals surface area contributed by atoms with Gasteiger partial charge in [0.15, 0.2) is 5.82 Å². The molecule has 2 aromatic carbocycles. The minimum absolute atomic E-state index is 0.0134. The summed E-state index contributed by atoms with van der Waals surface area (Å²) >= 11 is 7.81. The van der Waals surface area contributed by atoms with Gasteiger partial charge >= 0.3 is 6.01 Å². The van der Waals surface area contributed by atoms with Crippen molar-refractivity contribution in [1.29, 1.82) is 10.5 Å². The maximum absolute atomic E-state index is 17.0. The molecule has 8 rings (SSSR count). The second kappa shape index (κ2) is 11.7. The Hall–Kier alpha value is -3.81. The predicted molar refractivity (Wildman–Crippen MR) is 179 cm³/mol. The van der Waals surface area contributed by atoms with Crippen molar-refractivity contribution >= 4 is 54.7 Å². The van der Waals surface area contributed by atoms with Gasteiger partial charge in [0, 0.05) is 66.1 Å². The number of halogens is 3. The van der Waals surface area contributed by atoms with Crippen molar-refractivity contribution in [3.05, 3.63) is 40.4 Å². The fourth-order valence-corrected chi connectivity index (χ4v) is 9.61. The normalized spacial score (nSPS) is 26.1. The number of ether oxygens (including phenoxy) is 1. The summed E-state index contributed by atoms with van der Waals surface area (Å²) in [6.07, 6.45) is 5.71. The number of nitrogen functional groups attached to an aromatic ring is 1. The number of hydrogen-bond donors (Lipinski definition) is 2. The van der Waals surface area contributed by atoms with Crippen molar-refractivity contribution in [3.8, 4) is 29.3 Å². The summed E-state index contributed by atoms with van der Waals surface area (Å²) in [7, 11) is 0. The highest BCUT2D eigenvalue weighted by molar-refractivity contribution is 7.23. The molecule has 4 bridgehead atoms. The van der Waals surface area contributed by atoms with Crippen LogP contribution in [0.5, 0.6) is 6.01 Å². The Morgan fingerprint density at radius 2 is 1.85 bits per heavy atom. The maximum atomic E-state index is 17.0. The lowest BCUT2D eigenvalue weighted by Gasteiger charge is -2.38. The van der Waals surface area contributed by atoms with Crippen molar-refractivity contribution in [2.24, 2.45) is 5.92 Å². The lowest BCUT2D eigenvalue weighted by Crippen LogP contribution is -2.51. The number of piperazine rings is 1. The molecule has 2 aromatic heterocycles. The molecule has 6 heterocycles. The summed E-state index contributed by atoms with van der Waals surface area (Å²) in [4.78, 5) is 14.1. The van der Waals surface area contributed by atoms with Gasteiger partial charge in [-0.2, -0.15) is 20.5 Å². The second-order valence-corrected chi connectivity index (χ2v) is 14.8. The quantitative estimate of drug-likeness (QED) is 0.240. The summed E-state index contributed by atoms with van der Waals surface area (Å²) in [5.41, 5.74) is 6.48. The van der Waals surface area contributed by atoms with Crippen LogP contribution >= 0.6 is 22.9 Å². The smallest absolute Gasteiger partial charge is 0.319 e. The van der Waals surface area contributed by atoms with Crippen LogP contribution in [0.15, 0.2) is 18.2 Å². The van der Waals surface area contributed by atoms with E-state index in [1.165, 1.54) is 12.1 Å². The molecule has 4 fully saturated rings. The molecule has 0 saturated carbocycles. The van der Waals surface area contributed by atoms with Gasteiger partial charge in [-0.15, -0.1) is 11.3 Å². The molecule has 9 nitrogen and oxygen atoms in total.